The van der Waals surface area contributed by atoms with Crippen LogP contribution in [0.1, 0.15) is 51.4 Å². The van der Waals surface area contributed by atoms with Crippen molar-refractivity contribution >= 4 is 29.0 Å². The lowest BCUT2D eigenvalue weighted by Crippen LogP contribution is -2.37. The summed E-state index contributed by atoms with van der Waals surface area (Å²) in [7, 11) is 0. The van der Waals surface area contributed by atoms with E-state index in [2.05, 4.69) is 0 Å². The third kappa shape index (κ3) is 2.73. The molecule has 2 aliphatic carbocycles. The fraction of sp³-hybridized carbons (Fsp3) is 0.923. The van der Waals surface area contributed by atoms with Crippen LogP contribution in [-0.2, 0) is 4.79 Å². The van der Waals surface area contributed by atoms with Crippen LogP contribution in [0.2, 0.25) is 0 Å². The van der Waals surface area contributed by atoms with Gasteiger partial charge < -0.3 is 0 Å². The number of carbonyl (C=O) groups excluding carboxylic acids is 1. The van der Waals surface area contributed by atoms with E-state index < -0.39 is 0 Å². The zero-order valence-electron chi connectivity index (χ0n) is 9.63. The van der Waals surface area contributed by atoms with Crippen LogP contribution in [0.3, 0.4) is 0 Å². The van der Waals surface area contributed by atoms with Crippen molar-refractivity contribution in [2.45, 2.75) is 62.1 Å². The normalized spacial score (nSPS) is 40.6. The molecule has 4 atom stereocenters. The zero-order valence-corrected chi connectivity index (χ0v) is 11.1. The van der Waals surface area contributed by atoms with Gasteiger partial charge in [0, 0.05) is 22.6 Å². The summed E-state index contributed by atoms with van der Waals surface area (Å²) in [5.74, 6) is 0.527. The Bertz CT molecular complexity index is 230. The first kappa shape index (κ1) is 12.7. The van der Waals surface area contributed by atoms with Crippen molar-refractivity contribution in [1.82, 2.24) is 0 Å². The van der Waals surface area contributed by atoms with Crippen molar-refractivity contribution < 1.29 is 4.79 Å². The molecule has 0 spiro atoms. The Hall–Kier alpha value is 0.250. The topological polar surface area (TPSA) is 17.1 Å². The molecule has 0 aromatic carbocycles. The molecule has 16 heavy (non-hydrogen) atoms. The van der Waals surface area contributed by atoms with Gasteiger partial charge in [-0.2, -0.15) is 0 Å². The summed E-state index contributed by atoms with van der Waals surface area (Å²) in [5.41, 5.74) is 0. The van der Waals surface area contributed by atoms with Crippen LogP contribution in [0.25, 0.3) is 0 Å². The van der Waals surface area contributed by atoms with E-state index in [1.54, 1.807) is 0 Å². The summed E-state index contributed by atoms with van der Waals surface area (Å²) >= 11 is 12.6. The van der Waals surface area contributed by atoms with Gasteiger partial charge in [0.2, 0.25) is 0 Å². The number of hydrogen-bond acceptors (Lipinski definition) is 1. The van der Waals surface area contributed by atoms with Gasteiger partial charge in [-0.3, -0.25) is 4.79 Å². The Balaban J connectivity index is 1.99. The molecule has 0 heterocycles. The van der Waals surface area contributed by atoms with Gasteiger partial charge in [0.1, 0.15) is 5.78 Å². The van der Waals surface area contributed by atoms with Crippen LogP contribution < -0.4 is 0 Å². The van der Waals surface area contributed by atoms with Gasteiger partial charge in [0.25, 0.3) is 0 Å². The second kappa shape index (κ2) is 5.73. The van der Waals surface area contributed by atoms with Crippen LogP contribution in [0.5, 0.6) is 0 Å². The van der Waals surface area contributed by atoms with Crippen molar-refractivity contribution in [2.24, 2.45) is 11.8 Å². The Labute approximate surface area is 108 Å². The molecule has 0 aliphatic heterocycles. The molecule has 2 rings (SSSR count). The van der Waals surface area contributed by atoms with Crippen LogP contribution in [0.15, 0.2) is 0 Å². The minimum atomic E-state index is 0.0621. The highest BCUT2D eigenvalue weighted by Crippen LogP contribution is 2.36. The first-order valence-electron chi connectivity index (χ1n) is 6.52. The smallest absolute Gasteiger partial charge is 0.141 e. The molecule has 2 fully saturated rings. The second-order valence-corrected chi connectivity index (χ2v) is 6.34. The average Bonchev–Trinajstić information content (AvgIpc) is 2.29. The highest BCUT2D eigenvalue weighted by molar-refractivity contribution is 6.24. The van der Waals surface area contributed by atoms with Gasteiger partial charge in [0.05, 0.1) is 0 Å². The molecule has 0 radical (unpaired) electrons. The van der Waals surface area contributed by atoms with Crippen molar-refractivity contribution in [3.63, 3.8) is 0 Å². The van der Waals surface area contributed by atoms with Crippen LogP contribution in [-0.4, -0.2) is 16.5 Å². The first-order chi connectivity index (χ1) is 7.70. The number of ketones is 1. The molecular formula is C13H20Cl2O. The fourth-order valence-corrected chi connectivity index (χ4v) is 3.90. The molecule has 92 valence electrons. The van der Waals surface area contributed by atoms with E-state index >= 15 is 0 Å². The van der Waals surface area contributed by atoms with E-state index in [9.17, 15) is 4.79 Å². The Morgan fingerprint density at radius 3 is 1.50 bits per heavy atom. The largest absolute Gasteiger partial charge is 0.299 e. The third-order valence-electron chi connectivity index (χ3n) is 4.09. The third-order valence-corrected chi connectivity index (χ3v) is 5.14. The summed E-state index contributed by atoms with van der Waals surface area (Å²) in [5, 5.41) is 0.124. The molecule has 0 aromatic rings. The molecule has 0 saturated heterocycles. The van der Waals surface area contributed by atoms with Gasteiger partial charge in [0.15, 0.2) is 0 Å². The number of alkyl halides is 2. The molecule has 2 saturated carbocycles. The van der Waals surface area contributed by atoms with E-state index in [0.29, 0.717) is 5.78 Å². The zero-order chi connectivity index (χ0) is 11.5. The van der Waals surface area contributed by atoms with Gasteiger partial charge in [-0.15, -0.1) is 23.2 Å². The lowest BCUT2D eigenvalue weighted by molar-refractivity contribution is -0.128. The second-order valence-electron chi connectivity index (χ2n) is 5.22. The van der Waals surface area contributed by atoms with Crippen LogP contribution >= 0.6 is 23.2 Å². The number of carbonyl (C=O) groups is 1. The average molecular weight is 263 g/mol. The van der Waals surface area contributed by atoms with E-state index in [4.69, 9.17) is 23.2 Å². The minimum absolute atomic E-state index is 0.0621. The predicted molar refractivity (Wildman–Crippen MR) is 68.2 cm³/mol. The Morgan fingerprint density at radius 1 is 0.750 bits per heavy atom. The van der Waals surface area contributed by atoms with E-state index in [0.717, 1.165) is 38.5 Å². The molecule has 1 nitrogen and oxygen atoms in total. The summed E-state index contributed by atoms with van der Waals surface area (Å²) in [4.78, 5) is 12.4. The maximum absolute atomic E-state index is 12.4. The maximum Gasteiger partial charge on any atom is 0.141 e. The van der Waals surface area contributed by atoms with E-state index in [1.807, 2.05) is 0 Å². The predicted octanol–water partition coefficient (Wildman–Crippen LogP) is 4.15. The summed E-state index contributed by atoms with van der Waals surface area (Å²) in [6.07, 6.45) is 8.61. The molecule has 2 aliphatic rings. The molecule has 0 bridgehead atoms. The molecule has 3 heteroatoms. The first-order valence-corrected chi connectivity index (χ1v) is 7.39. The molecular weight excluding hydrogens is 243 g/mol. The maximum atomic E-state index is 12.4. The van der Waals surface area contributed by atoms with Gasteiger partial charge >= 0.3 is 0 Å². The quantitative estimate of drug-likeness (QED) is 0.684. The lowest BCUT2D eigenvalue weighted by atomic mass is 9.76. The Kier molecular flexibility index (Phi) is 4.55. The number of Topliss-reactive ketones (excluding diaryl/α,β-unsaturated/α-hetero) is 1. The summed E-state index contributed by atoms with van der Waals surface area (Å²) < 4.78 is 0. The highest BCUT2D eigenvalue weighted by Gasteiger charge is 2.37. The van der Waals surface area contributed by atoms with Crippen molar-refractivity contribution in [3.8, 4) is 0 Å². The lowest BCUT2D eigenvalue weighted by Gasteiger charge is -2.33. The summed E-state index contributed by atoms with van der Waals surface area (Å²) in [6.45, 7) is 0. The molecule has 0 N–H and O–H groups in total. The Morgan fingerprint density at radius 2 is 1.12 bits per heavy atom. The van der Waals surface area contributed by atoms with E-state index in [1.165, 1.54) is 12.8 Å². The van der Waals surface area contributed by atoms with E-state index in [-0.39, 0.29) is 22.6 Å². The van der Waals surface area contributed by atoms with Crippen LogP contribution in [0, 0.1) is 11.8 Å². The SMILES string of the molecule is O=C(C1CCCCC1Cl)C1CCCCC1Cl. The number of halogens is 2. The molecule has 0 amide bonds. The monoisotopic (exact) mass is 262 g/mol. The number of hydrogen-bond donors (Lipinski definition) is 0. The van der Waals surface area contributed by atoms with Crippen molar-refractivity contribution in [2.75, 3.05) is 0 Å². The van der Waals surface area contributed by atoms with Gasteiger partial charge in [-0.25, -0.2) is 0 Å². The molecule has 4 unspecified atom stereocenters. The summed E-state index contributed by atoms with van der Waals surface area (Å²) in [6, 6.07) is 0. The number of rotatable bonds is 2. The molecule has 0 aromatic heterocycles. The standard InChI is InChI=1S/C13H20Cl2O/c14-11-7-3-1-5-9(11)13(16)10-6-2-4-8-12(10)15/h9-12H,1-8H2. The minimum Gasteiger partial charge on any atom is -0.299 e. The van der Waals surface area contributed by atoms with Gasteiger partial charge in [-0.1, -0.05) is 25.7 Å². The fourth-order valence-electron chi connectivity index (χ4n) is 3.09. The van der Waals surface area contributed by atoms with Crippen molar-refractivity contribution in [3.05, 3.63) is 0 Å². The van der Waals surface area contributed by atoms with Crippen molar-refractivity contribution in [1.29, 1.82) is 0 Å². The van der Waals surface area contributed by atoms with Crippen LogP contribution in [0.4, 0.5) is 0 Å². The van der Waals surface area contributed by atoms with Gasteiger partial charge in [-0.05, 0) is 25.7 Å². The highest BCUT2D eigenvalue weighted by atomic mass is 35.5.